The van der Waals surface area contributed by atoms with Crippen LogP contribution in [0.4, 0.5) is 0 Å². The number of aromatic nitrogens is 2. The van der Waals surface area contributed by atoms with Crippen molar-refractivity contribution < 1.29 is 24.9 Å². The lowest BCUT2D eigenvalue weighted by atomic mass is 9.81. The summed E-state index contributed by atoms with van der Waals surface area (Å²) in [6.07, 6.45) is -0.901. The molecule has 0 saturated carbocycles. The van der Waals surface area contributed by atoms with Crippen molar-refractivity contribution in [2.24, 2.45) is 12.5 Å². The lowest BCUT2D eigenvalue weighted by molar-refractivity contribution is -0.146. The summed E-state index contributed by atoms with van der Waals surface area (Å²) in [5, 5.41) is 29.1. The van der Waals surface area contributed by atoms with Gasteiger partial charge in [0, 0.05) is 33.1 Å². The van der Waals surface area contributed by atoms with Crippen LogP contribution in [0.3, 0.4) is 0 Å². The first-order valence-electron chi connectivity index (χ1n) is 9.12. The summed E-state index contributed by atoms with van der Waals surface area (Å²) in [4.78, 5) is 30.7. The Labute approximate surface area is 164 Å². The third kappa shape index (κ3) is 4.02. The Bertz CT molecular complexity index is 914. The number of aliphatic hydroxyl groups excluding tert-OH is 2. The van der Waals surface area contributed by atoms with Crippen LogP contribution in [-0.4, -0.2) is 68.5 Å². The minimum absolute atomic E-state index is 0.0298. The molecule has 8 nitrogen and oxygen atoms in total. The van der Waals surface area contributed by atoms with Crippen molar-refractivity contribution in [3.8, 4) is 0 Å². The van der Waals surface area contributed by atoms with Gasteiger partial charge in [-0.1, -0.05) is 0 Å². The maximum absolute atomic E-state index is 12.9. The van der Waals surface area contributed by atoms with Crippen molar-refractivity contribution in [1.82, 2.24) is 14.5 Å². The summed E-state index contributed by atoms with van der Waals surface area (Å²) in [6, 6.07) is 1.73. The van der Waals surface area contributed by atoms with Gasteiger partial charge in [-0.2, -0.15) is 0 Å². The minimum Gasteiger partial charge on any atom is -0.481 e. The summed E-state index contributed by atoms with van der Waals surface area (Å²) < 4.78 is 1.85. The molecule has 0 aliphatic carbocycles. The highest BCUT2D eigenvalue weighted by atomic mass is 16.4. The predicted octanol–water partition coefficient (Wildman–Crippen LogP) is 1.13. The van der Waals surface area contributed by atoms with E-state index < -0.39 is 24.1 Å². The van der Waals surface area contributed by atoms with Crippen LogP contribution in [0.1, 0.15) is 41.2 Å². The van der Waals surface area contributed by atoms with Crippen molar-refractivity contribution in [3.05, 3.63) is 28.6 Å². The molecular weight excluding hydrogens is 362 g/mol. The highest BCUT2D eigenvalue weighted by Gasteiger charge is 2.32. The van der Waals surface area contributed by atoms with E-state index in [4.69, 9.17) is 0 Å². The second kappa shape index (κ2) is 7.89. The van der Waals surface area contributed by atoms with Gasteiger partial charge in [0.2, 0.25) is 0 Å². The smallest absolute Gasteiger partial charge is 0.309 e. The number of rotatable bonds is 7. The summed E-state index contributed by atoms with van der Waals surface area (Å²) in [6.45, 7) is 4.60. The van der Waals surface area contributed by atoms with E-state index in [1.54, 1.807) is 34.0 Å². The Balaban J connectivity index is 2.89. The van der Waals surface area contributed by atoms with Crippen molar-refractivity contribution in [2.75, 3.05) is 20.7 Å². The molecule has 3 N–H and O–H groups in total. The van der Waals surface area contributed by atoms with Gasteiger partial charge >= 0.3 is 5.97 Å². The van der Waals surface area contributed by atoms with E-state index in [9.17, 15) is 24.9 Å². The lowest BCUT2D eigenvalue weighted by Gasteiger charge is -2.24. The lowest BCUT2D eigenvalue weighted by Crippen LogP contribution is -2.29. The fraction of sp³-hybridized carbons (Fsp3) is 0.550. The van der Waals surface area contributed by atoms with Crippen molar-refractivity contribution in [1.29, 1.82) is 0 Å². The molecule has 1 unspecified atom stereocenters. The Morgan fingerprint density at radius 1 is 1.29 bits per heavy atom. The van der Waals surface area contributed by atoms with Crippen LogP contribution in [0.2, 0.25) is 0 Å². The molecule has 2 aromatic rings. The molecular formula is C20H29N3O5. The van der Waals surface area contributed by atoms with E-state index in [0.717, 1.165) is 11.3 Å². The highest BCUT2D eigenvalue weighted by Crippen LogP contribution is 2.33. The number of aliphatic carboxylic acids is 1. The van der Waals surface area contributed by atoms with Gasteiger partial charge < -0.3 is 24.8 Å². The van der Waals surface area contributed by atoms with E-state index in [0.29, 0.717) is 22.2 Å². The molecule has 8 heteroatoms. The third-order valence-corrected chi connectivity index (χ3v) is 5.10. The van der Waals surface area contributed by atoms with Gasteiger partial charge in [0.05, 0.1) is 29.2 Å². The number of aryl methyl sites for hydroxylation is 2. The summed E-state index contributed by atoms with van der Waals surface area (Å²) in [7, 11) is 5.10. The summed E-state index contributed by atoms with van der Waals surface area (Å²) >= 11 is 0. The van der Waals surface area contributed by atoms with Gasteiger partial charge in [0.25, 0.3) is 5.91 Å². The monoisotopic (exact) mass is 391 g/mol. The maximum atomic E-state index is 12.9. The maximum Gasteiger partial charge on any atom is 0.309 e. The van der Waals surface area contributed by atoms with Gasteiger partial charge in [0.15, 0.2) is 0 Å². The number of imidazole rings is 1. The second-order valence-corrected chi connectivity index (χ2v) is 8.07. The first-order chi connectivity index (χ1) is 12.9. The zero-order valence-electron chi connectivity index (χ0n) is 17.3. The van der Waals surface area contributed by atoms with Gasteiger partial charge in [-0.15, -0.1) is 0 Å². The number of carbonyl (C=O) groups excluding carboxylic acids is 1. The molecule has 2 rings (SSSR count). The topological polar surface area (TPSA) is 116 Å². The van der Waals surface area contributed by atoms with E-state index in [2.05, 4.69) is 4.98 Å². The van der Waals surface area contributed by atoms with Crippen molar-refractivity contribution in [3.63, 3.8) is 0 Å². The molecule has 0 aliphatic heterocycles. The fourth-order valence-electron chi connectivity index (χ4n) is 3.22. The van der Waals surface area contributed by atoms with Gasteiger partial charge in [0.1, 0.15) is 5.82 Å². The number of carbonyl (C=O) groups is 2. The highest BCUT2D eigenvalue weighted by molar-refractivity contribution is 6.00. The quantitative estimate of drug-likeness (QED) is 0.652. The van der Waals surface area contributed by atoms with E-state index in [-0.39, 0.29) is 18.7 Å². The number of amides is 1. The molecule has 28 heavy (non-hydrogen) atoms. The van der Waals surface area contributed by atoms with Gasteiger partial charge in [-0.3, -0.25) is 9.59 Å². The molecule has 1 amide bonds. The van der Waals surface area contributed by atoms with E-state index in [1.165, 1.54) is 4.90 Å². The zero-order chi connectivity index (χ0) is 21.4. The number of aliphatic hydroxyl groups is 2. The molecule has 0 bridgehead atoms. The minimum atomic E-state index is -1.10. The number of carboxylic acid groups (broad SMARTS) is 1. The number of fused-ring (bicyclic) bond motifs is 1. The van der Waals surface area contributed by atoms with Crippen molar-refractivity contribution in [2.45, 2.75) is 39.7 Å². The van der Waals surface area contributed by atoms with E-state index >= 15 is 0 Å². The molecule has 0 spiro atoms. The summed E-state index contributed by atoms with van der Waals surface area (Å²) in [5.74, 6) is -0.492. The van der Waals surface area contributed by atoms with Gasteiger partial charge in [-0.25, -0.2) is 4.98 Å². The molecule has 1 heterocycles. The Morgan fingerprint density at radius 3 is 2.39 bits per heavy atom. The Kier molecular flexibility index (Phi) is 6.15. The Hall–Kier alpha value is -2.45. The normalized spacial score (nSPS) is 13.0. The van der Waals surface area contributed by atoms with Crippen LogP contribution in [0.5, 0.6) is 0 Å². The number of nitrogens with zero attached hydrogens (tertiary/aromatic N) is 3. The first-order valence-corrected chi connectivity index (χ1v) is 9.12. The van der Waals surface area contributed by atoms with Crippen molar-refractivity contribution >= 4 is 22.9 Å². The standard InChI is InChI=1S/C20H29N3O5/c1-11-21-17-15(9-20(2,3)19(27)28)13(7-12(25)10-24)14(18(26)22(4)5)8-16(17)23(11)6/h8,12,24-25H,7,9-10H2,1-6H3,(H,27,28). The second-order valence-electron chi connectivity index (χ2n) is 8.07. The largest absolute Gasteiger partial charge is 0.481 e. The average molecular weight is 391 g/mol. The number of hydrogen-bond acceptors (Lipinski definition) is 5. The summed E-state index contributed by atoms with van der Waals surface area (Å²) in [5.41, 5.74) is 1.76. The average Bonchev–Trinajstić information content (AvgIpc) is 2.90. The van der Waals surface area contributed by atoms with Crippen LogP contribution in [0.25, 0.3) is 11.0 Å². The number of hydrogen-bond donors (Lipinski definition) is 3. The molecule has 0 aliphatic rings. The molecule has 1 aromatic carbocycles. The molecule has 0 fully saturated rings. The molecule has 1 aromatic heterocycles. The first kappa shape index (κ1) is 21.8. The SMILES string of the molecule is Cc1nc2c(CC(C)(C)C(=O)O)c(CC(O)CO)c(C(=O)N(C)C)cc2n1C. The van der Waals surface area contributed by atoms with E-state index in [1.807, 2.05) is 18.5 Å². The van der Waals surface area contributed by atoms with Crippen LogP contribution < -0.4 is 0 Å². The van der Waals surface area contributed by atoms with Gasteiger partial charge in [-0.05, 0) is 44.4 Å². The fourth-order valence-corrected chi connectivity index (χ4v) is 3.22. The number of carboxylic acids is 1. The van der Waals surface area contributed by atoms with Crippen LogP contribution in [-0.2, 0) is 24.7 Å². The van der Waals surface area contributed by atoms with Crippen LogP contribution in [0.15, 0.2) is 6.07 Å². The predicted molar refractivity (Wildman–Crippen MR) is 105 cm³/mol. The third-order valence-electron chi connectivity index (χ3n) is 5.10. The number of benzene rings is 1. The van der Waals surface area contributed by atoms with Crippen LogP contribution in [0, 0.1) is 12.3 Å². The molecule has 0 saturated heterocycles. The molecule has 1 atom stereocenters. The molecule has 0 radical (unpaired) electrons. The molecule has 154 valence electrons. The Morgan fingerprint density at radius 2 is 1.89 bits per heavy atom. The zero-order valence-corrected chi connectivity index (χ0v) is 17.3. The van der Waals surface area contributed by atoms with Crippen LogP contribution >= 0.6 is 0 Å².